The Morgan fingerprint density at radius 2 is 2.53 bits per heavy atom. The predicted octanol–water partition coefficient (Wildman–Crippen LogP) is 1.09. The number of rotatable bonds is 1. The first-order valence-electron chi connectivity index (χ1n) is 5.73. The highest BCUT2D eigenvalue weighted by Gasteiger charge is 2.32. The van der Waals surface area contributed by atoms with Crippen molar-refractivity contribution in [3.63, 3.8) is 0 Å². The Hall–Kier alpha value is -0.870. The number of fused-ring (bicyclic) bond motifs is 1. The summed E-state index contributed by atoms with van der Waals surface area (Å²) in [7, 11) is 0. The van der Waals surface area contributed by atoms with E-state index in [2.05, 4.69) is 15.4 Å². The molecule has 4 nitrogen and oxygen atoms in total. The third-order valence-corrected chi connectivity index (χ3v) is 3.68. The summed E-state index contributed by atoms with van der Waals surface area (Å²) in [5.74, 6) is 0.949. The van der Waals surface area contributed by atoms with Gasteiger partial charge in [-0.25, -0.2) is 0 Å². The third-order valence-electron chi connectivity index (χ3n) is 3.68. The van der Waals surface area contributed by atoms with E-state index in [9.17, 15) is 0 Å². The molecule has 2 saturated heterocycles. The quantitative estimate of drug-likeness (QED) is 0.748. The minimum absolute atomic E-state index is 0.408. The molecule has 15 heavy (non-hydrogen) atoms. The average molecular weight is 207 g/mol. The van der Waals surface area contributed by atoms with Crippen LogP contribution in [0.1, 0.15) is 30.2 Å². The molecule has 2 aliphatic rings. The molecular formula is C11H17N3O. The maximum absolute atomic E-state index is 5.12. The van der Waals surface area contributed by atoms with Crippen LogP contribution in [0.3, 0.4) is 0 Å². The van der Waals surface area contributed by atoms with Crippen LogP contribution in [-0.2, 0) is 0 Å². The summed E-state index contributed by atoms with van der Waals surface area (Å²) in [6.07, 6.45) is 4.55. The van der Waals surface area contributed by atoms with E-state index in [1.807, 2.05) is 13.1 Å². The summed E-state index contributed by atoms with van der Waals surface area (Å²) in [5.41, 5.74) is 1.22. The lowest BCUT2D eigenvalue weighted by Gasteiger charge is -2.35. The van der Waals surface area contributed by atoms with Crippen LogP contribution < -0.4 is 5.32 Å². The Labute approximate surface area is 89.6 Å². The maximum atomic E-state index is 5.12. The number of piperazine rings is 1. The number of hydrogen-bond donors (Lipinski definition) is 1. The van der Waals surface area contributed by atoms with Crippen molar-refractivity contribution in [3.05, 3.63) is 17.5 Å². The van der Waals surface area contributed by atoms with Crippen molar-refractivity contribution in [1.29, 1.82) is 0 Å². The molecule has 3 heterocycles. The molecule has 0 bridgehead atoms. The molecule has 4 heteroatoms. The van der Waals surface area contributed by atoms with Gasteiger partial charge in [0, 0.05) is 24.7 Å². The van der Waals surface area contributed by atoms with Crippen LogP contribution in [-0.4, -0.2) is 35.7 Å². The Morgan fingerprint density at radius 1 is 1.60 bits per heavy atom. The molecule has 2 atom stereocenters. The zero-order valence-electron chi connectivity index (χ0n) is 9.07. The lowest BCUT2D eigenvalue weighted by atomic mass is 10.0. The van der Waals surface area contributed by atoms with Gasteiger partial charge in [0.15, 0.2) is 0 Å². The van der Waals surface area contributed by atoms with Gasteiger partial charge >= 0.3 is 0 Å². The fourth-order valence-electron chi connectivity index (χ4n) is 2.79. The van der Waals surface area contributed by atoms with Gasteiger partial charge in [-0.15, -0.1) is 0 Å². The van der Waals surface area contributed by atoms with Crippen LogP contribution in [0.5, 0.6) is 0 Å². The van der Waals surface area contributed by atoms with Crippen LogP contribution in [0, 0.1) is 6.92 Å². The molecule has 1 N–H and O–H groups in total. The topological polar surface area (TPSA) is 41.3 Å². The molecule has 1 aromatic rings. The largest absolute Gasteiger partial charge is 0.361 e. The minimum atomic E-state index is 0.408. The molecule has 2 fully saturated rings. The number of aromatic nitrogens is 1. The van der Waals surface area contributed by atoms with Crippen molar-refractivity contribution in [2.75, 3.05) is 19.6 Å². The van der Waals surface area contributed by atoms with Crippen LogP contribution >= 0.6 is 0 Å². The van der Waals surface area contributed by atoms with Crippen molar-refractivity contribution in [2.24, 2.45) is 0 Å². The average Bonchev–Trinajstić information content (AvgIpc) is 2.84. The third kappa shape index (κ3) is 1.58. The van der Waals surface area contributed by atoms with Gasteiger partial charge in [0.05, 0.1) is 12.2 Å². The van der Waals surface area contributed by atoms with E-state index < -0.39 is 0 Å². The van der Waals surface area contributed by atoms with Gasteiger partial charge < -0.3 is 9.84 Å². The van der Waals surface area contributed by atoms with Gasteiger partial charge in [-0.3, -0.25) is 4.90 Å². The molecule has 1 aromatic heterocycles. The van der Waals surface area contributed by atoms with Gasteiger partial charge in [0.1, 0.15) is 5.76 Å². The van der Waals surface area contributed by atoms with E-state index in [0.717, 1.165) is 24.9 Å². The first kappa shape index (κ1) is 9.36. The maximum Gasteiger partial charge on any atom is 0.138 e. The molecule has 0 radical (unpaired) electrons. The first-order valence-corrected chi connectivity index (χ1v) is 5.73. The lowest BCUT2D eigenvalue weighted by Crippen LogP contribution is -2.49. The normalized spacial score (nSPS) is 31.8. The summed E-state index contributed by atoms with van der Waals surface area (Å²) in [6, 6.07) is 1.17. The van der Waals surface area contributed by atoms with Crippen molar-refractivity contribution >= 4 is 0 Å². The van der Waals surface area contributed by atoms with Crippen LogP contribution in [0.2, 0.25) is 0 Å². The second-order valence-corrected chi connectivity index (χ2v) is 4.59. The number of nitrogens with zero attached hydrogens (tertiary/aromatic N) is 2. The van der Waals surface area contributed by atoms with Crippen molar-refractivity contribution in [2.45, 2.75) is 31.8 Å². The highest BCUT2D eigenvalue weighted by atomic mass is 16.5. The zero-order valence-corrected chi connectivity index (χ0v) is 9.07. The van der Waals surface area contributed by atoms with Crippen molar-refractivity contribution < 1.29 is 4.52 Å². The minimum Gasteiger partial charge on any atom is -0.361 e. The summed E-state index contributed by atoms with van der Waals surface area (Å²) in [4.78, 5) is 2.59. The predicted molar refractivity (Wildman–Crippen MR) is 56.6 cm³/mol. The van der Waals surface area contributed by atoms with Crippen molar-refractivity contribution in [3.8, 4) is 0 Å². The van der Waals surface area contributed by atoms with Gasteiger partial charge in [0.2, 0.25) is 0 Å². The molecule has 0 aromatic carbocycles. The van der Waals surface area contributed by atoms with E-state index in [1.54, 1.807) is 0 Å². The van der Waals surface area contributed by atoms with E-state index in [-0.39, 0.29) is 0 Å². The summed E-state index contributed by atoms with van der Waals surface area (Å²) < 4.78 is 5.12. The Morgan fingerprint density at radius 3 is 3.33 bits per heavy atom. The fourth-order valence-corrected chi connectivity index (χ4v) is 2.79. The number of nitrogens with one attached hydrogen (secondary N) is 1. The molecule has 0 saturated carbocycles. The van der Waals surface area contributed by atoms with E-state index >= 15 is 0 Å². The Bertz CT molecular complexity index is 349. The fraction of sp³-hybridized carbons (Fsp3) is 0.727. The van der Waals surface area contributed by atoms with Gasteiger partial charge in [0.25, 0.3) is 0 Å². The lowest BCUT2D eigenvalue weighted by molar-refractivity contribution is 0.173. The second kappa shape index (κ2) is 3.61. The monoisotopic (exact) mass is 207 g/mol. The second-order valence-electron chi connectivity index (χ2n) is 4.59. The Kier molecular flexibility index (Phi) is 2.25. The molecular weight excluding hydrogens is 190 g/mol. The molecule has 82 valence electrons. The smallest absolute Gasteiger partial charge is 0.138 e. The summed E-state index contributed by atoms with van der Waals surface area (Å²) in [5, 5.41) is 7.44. The molecule has 2 aliphatic heterocycles. The summed E-state index contributed by atoms with van der Waals surface area (Å²) in [6.45, 7) is 5.45. The van der Waals surface area contributed by atoms with Crippen LogP contribution in [0.15, 0.2) is 10.7 Å². The first-order chi connectivity index (χ1) is 7.34. The number of hydrogen-bond acceptors (Lipinski definition) is 4. The SMILES string of the molecule is Cc1oncc1C1CN2CCCC2CN1. The highest BCUT2D eigenvalue weighted by Crippen LogP contribution is 2.27. The van der Waals surface area contributed by atoms with Gasteiger partial charge in [-0.05, 0) is 26.3 Å². The van der Waals surface area contributed by atoms with Crippen LogP contribution in [0.25, 0.3) is 0 Å². The molecule has 2 unspecified atom stereocenters. The van der Waals surface area contributed by atoms with E-state index in [1.165, 1.54) is 24.9 Å². The summed E-state index contributed by atoms with van der Waals surface area (Å²) >= 11 is 0. The van der Waals surface area contributed by atoms with Crippen molar-refractivity contribution in [1.82, 2.24) is 15.4 Å². The van der Waals surface area contributed by atoms with Crippen LogP contribution in [0.4, 0.5) is 0 Å². The highest BCUT2D eigenvalue weighted by molar-refractivity contribution is 5.18. The number of aryl methyl sites for hydroxylation is 1. The van der Waals surface area contributed by atoms with Gasteiger partial charge in [-0.1, -0.05) is 5.16 Å². The molecule has 3 rings (SSSR count). The van der Waals surface area contributed by atoms with Gasteiger partial charge in [-0.2, -0.15) is 0 Å². The molecule has 0 spiro atoms. The molecule has 0 amide bonds. The van der Waals surface area contributed by atoms with E-state index in [4.69, 9.17) is 4.52 Å². The molecule has 0 aliphatic carbocycles. The Balaban J connectivity index is 1.76. The van der Waals surface area contributed by atoms with E-state index in [0.29, 0.717) is 6.04 Å². The zero-order chi connectivity index (χ0) is 10.3. The standard InChI is InChI=1S/C11H17N3O/c1-8-10(6-13-15-8)11-7-14-4-2-3-9(14)5-12-11/h6,9,11-12H,2-5,7H2,1H3.